The zero-order valence-corrected chi connectivity index (χ0v) is 29.0. The molecule has 8 aliphatic rings. The molecule has 0 spiro atoms. The van der Waals surface area contributed by atoms with E-state index in [0.29, 0.717) is 29.6 Å². The molecule has 6 heteroatoms. The van der Waals surface area contributed by atoms with Gasteiger partial charge in [-0.2, -0.15) is 0 Å². The highest BCUT2D eigenvalue weighted by Crippen LogP contribution is 2.65. The highest BCUT2D eigenvalue weighted by Gasteiger charge is 2.61. The standard InChI is InChI=1S/C20H31NO2.C20H28O3/c2*1-12-4-5-15-14(11-21)16(7-9-19(12,15)2)20(3)8-6-13-10-17(20)18(22)23-13/h13-17H,1,4-11,21H2,2-3H3;11,13-17H,1,4-10H2,2-3H3/t2*13-,14-,15-,16-,17+,19+,20+/m00/s1. The number of hydrogen-bond acceptors (Lipinski definition) is 6. The van der Waals surface area contributed by atoms with Gasteiger partial charge in [-0.05, 0) is 148 Å². The molecule has 46 heavy (non-hydrogen) atoms. The van der Waals surface area contributed by atoms with Crippen molar-refractivity contribution in [2.75, 3.05) is 6.54 Å². The third-order valence-corrected chi connectivity index (χ3v) is 16.5. The topological polar surface area (TPSA) is 95.7 Å². The number of fused-ring (bicyclic) bond motifs is 6. The third kappa shape index (κ3) is 4.60. The van der Waals surface area contributed by atoms with Gasteiger partial charge in [-0.15, -0.1) is 0 Å². The van der Waals surface area contributed by atoms with E-state index in [0.717, 1.165) is 77.2 Å². The summed E-state index contributed by atoms with van der Waals surface area (Å²) >= 11 is 0. The molecule has 4 bridgehead atoms. The first-order valence-electron chi connectivity index (χ1n) is 18.7. The second-order valence-corrected chi connectivity index (χ2v) is 18.0. The zero-order chi connectivity index (χ0) is 32.8. The first kappa shape index (κ1) is 32.6. The van der Waals surface area contributed by atoms with E-state index >= 15 is 0 Å². The molecule has 2 saturated heterocycles. The lowest BCUT2D eigenvalue weighted by atomic mass is 9.49. The lowest BCUT2D eigenvalue weighted by Crippen LogP contribution is -2.51. The van der Waals surface area contributed by atoms with Gasteiger partial charge >= 0.3 is 11.9 Å². The summed E-state index contributed by atoms with van der Waals surface area (Å²) in [6.07, 6.45) is 16.6. The van der Waals surface area contributed by atoms with Crippen molar-refractivity contribution in [3.05, 3.63) is 24.3 Å². The minimum absolute atomic E-state index is 0.00246. The highest BCUT2D eigenvalue weighted by molar-refractivity contribution is 5.77. The minimum atomic E-state index is -0.0685. The Morgan fingerprint density at radius 3 is 1.70 bits per heavy atom. The van der Waals surface area contributed by atoms with Crippen molar-refractivity contribution in [2.24, 2.45) is 74.7 Å². The van der Waals surface area contributed by atoms with Crippen LogP contribution in [0.1, 0.15) is 118 Å². The molecule has 6 aliphatic carbocycles. The van der Waals surface area contributed by atoms with Crippen molar-refractivity contribution in [1.82, 2.24) is 0 Å². The van der Waals surface area contributed by atoms with Crippen LogP contribution in [0, 0.1) is 69.0 Å². The Morgan fingerprint density at radius 1 is 0.696 bits per heavy atom. The molecule has 6 saturated carbocycles. The second kappa shape index (κ2) is 11.3. The molecule has 6 nitrogen and oxygen atoms in total. The van der Waals surface area contributed by atoms with Gasteiger partial charge in [0.05, 0.1) is 11.8 Å². The highest BCUT2D eigenvalue weighted by atomic mass is 16.6. The maximum atomic E-state index is 12.4. The summed E-state index contributed by atoms with van der Waals surface area (Å²) in [4.78, 5) is 36.8. The van der Waals surface area contributed by atoms with E-state index in [1.54, 1.807) is 0 Å². The van der Waals surface area contributed by atoms with Gasteiger partial charge in [-0.3, -0.25) is 9.59 Å². The number of allylic oxidation sites excluding steroid dienone is 2. The summed E-state index contributed by atoms with van der Waals surface area (Å²) in [6.45, 7) is 18.8. The Morgan fingerprint density at radius 2 is 1.17 bits per heavy atom. The van der Waals surface area contributed by atoms with Crippen molar-refractivity contribution < 1.29 is 23.9 Å². The number of ether oxygens (including phenoxy) is 2. The van der Waals surface area contributed by atoms with Gasteiger partial charge in [-0.1, -0.05) is 52.0 Å². The van der Waals surface area contributed by atoms with Crippen LogP contribution in [0.25, 0.3) is 0 Å². The molecule has 2 N–H and O–H groups in total. The number of nitrogens with two attached hydrogens (primary N) is 1. The lowest BCUT2D eigenvalue weighted by Gasteiger charge is -2.54. The van der Waals surface area contributed by atoms with Crippen LogP contribution in [-0.2, 0) is 23.9 Å². The number of carbonyl (C=O) groups is 3. The Hall–Kier alpha value is -1.95. The molecule has 0 unspecified atom stereocenters. The fraction of sp³-hybridized carbons (Fsp3) is 0.825. The first-order chi connectivity index (χ1) is 21.8. The van der Waals surface area contributed by atoms with Gasteiger partial charge in [0.2, 0.25) is 0 Å². The average molecular weight is 634 g/mol. The van der Waals surface area contributed by atoms with Crippen LogP contribution < -0.4 is 5.73 Å². The van der Waals surface area contributed by atoms with Gasteiger partial charge in [0.25, 0.3) is 0 Å². The summed E-state index contributed by atoms with van der Waals surface area (Å²) in [7, 11) is 0. The molecule has 8 fully saturated rings. The first-order valence-corrected chi connectivity index (χ1v) is 18.7. The van der Waals surface area contributed by atoms with Gasteiger partial charge < -0.3 is 20.0 Å². The molecule has 0 amide bonds. The number of rotatable bonds is 4. The van der Waals surface area contributed by atoms with Crippen LogP contribution >= 0.6 is 0 Å². The molecule has 0 aromatic rings. The summed E-state index contributed by atoms with van der Waals surface area (Å²) in [5.74, 6) is 2.72. The van der Waals surface area contributed by atoms with E-state index in [-0.39, 0.29) is 63.6 Å². The molecule has 2 aliphatic heterocycles. The molecular formula is C40H59NO5. The van der Waals surface area contributed by atoms with Crippen molar-refractivity contribution in [3.8, 4) is 0 Å². The summed E-state index contributed by atoms with van der Waals surface area (Å²) in [5.41, 5.74) is 9.51. The van der Waals surface area contributed by atoms with E-state index < -0.39 is 0 Å². The smallest absolute Gasteiger partial charge is 0.309 e. The molecule has 2 heterocycles. The number of carbonyl (C=O) groups excluding carboxylic acids is 3. The van der Waals surface area contributed by atoms with E-state index in [4.69, 9.17) is 15.2 Å². The quantitative estimate of drug-likeness (QED) is 0.195. The van der Waals surface area contributed by atoms with Crippen LogP contribution in [0.5, 0.6) is 0 Å². The van der Waals surface area contributed by atoms with E-state index in [1.165, 1.54) is 36.7 Å². The van der Waals surface area contributed by atoms with E-state index in [1.807, 2.05) is 0 Å². The van der Waals surface area contributed by atoms with Gasteiger partial charge in [0.1, 0.15) is 18.5 Å². The largest absolute Gasteiger partial charge is 0.462 e. The number of hydrogen-bond donors (Lipinski definition) is 1. The molecule has 0 radical (unpaired) electrons. The maximum absolute atomic E-state index is 12.4. The van der Waals surface area contributed by atoms with Gasteiger partial charge in [0.15, 0.2) is 0 Å². The second-order valence-electron chi connectivity index (χ2n) is 18.0. The fourth-order valence-electron chi connectivity index (χ4n) is 13.3. The summed E-state index contributed by atoms with van der Waals surface area (Å²) in [5, 5.41) is 0. The molecular weight excluding hydrogens is 574 g/mol. The Bertz CT molecular complexity index is 1310. The fourth-order valence-corrected chi connectivity index (χ4v) is 13.3. The SMILES string of the molecule is C=C1CC[C@H]2[C@H](C=O)[C@@H]([C@@]3(C)CC[C@H]4C[C@@H]3C(=O)O4)CC[C@]12C.C=C1CC[C@H]2[C@H](CN)[C@@H]([C@@]3(C)CC[C@H]4C[C@@H]3C(=O)O4)CC[C@]12C. The molecule has 0 aromatic heterocycles. The molecule has 8 rings (SSSR count). The molecule has 14 atom stereocenters. The summed E-state index contributed by atoms with van der Waals surface area (Å²) in [6, 6.07) is 0. The number of esters is 2. The third-order valence-electron chi connectivity index (χ3n) is 16.5. The van der Waals surface area contributed by atoms with Crippen molar-refractivity contribution in [3.63, 3.8) is 0 Å². The Balaban J connectivity index is 0.000000147. The zero-order valence-electron chi connectivity index (χ0n) is 29.0. The van der Waals surface area contributed by atoms with E-state index in [9.17, 15) is 14.4 Å². The van der Waals surface area contributed by atoms with Crippen LogP contribution in [0.4, 0.5) is 0 Å². The van der Waals surface area contributed by atoms with Crippen LogP contribution in [0.3, 0.4) is 0 Å². The maximum Gasteiger partial charge on any atom is 0.309 e. The monoisotopic (exact) mass is 633 g/mol. The van der Waals surface area contributed by atoms with Crippen molar-refractivity contribution >= 4 is 18.2 Å². The van der Waals surface area contributed by atoms with E-state index in [2.05, 4.69) is 40.9 Å². The number of aldehydes is 1. The van der Waals surface area contributed by atoms with Gasteiger partial charge in [0, 0.05) is 5.92 Å². The Labute approximate surface area is 277 Å². The Kier molecular flexibility index (Phi) is 8.01. The minimum Gasteiger partial charge on any atom is -0.462 e. The molecule has 0 aromatic carbocycles. The predicted octanol–water partition coefficient (Wildman–Crippen LogP) is 7.59. The predicted molar refractivity (Wildman–Crippen MR) is 178 cm³/mol. The van der Waals surface area contributed by atoms with Crippen LogP contribution in [0.2, 0.25) is 0 Å². The lowest BCUT2D eigenvalue weighted by molar-refractivity contribution is -0.148. The normalized spacial score (nSPS) is 52.3. The van der Waals surface area contributed by atoms with Crippen LogP contribution in [-0.4, -0.2) is 37.0 Å². The van der Waals surface area contributed by atoms with Crippen LogP contribution in [0.15, 0.2) is 24.3 Å². The average Bonchev–Trinajstić information content (AvgIpc) is 3.74. The van der Waals surface area contributed by atoms with Crippen molar-refractivity contribution in [2.45, 2.75) is 130 Å². The molecule has 254 valence electrons. The summed E-state index contributed by atoms with van der Waals surface area (Å²) < 4.78 is 11.1. The van der Waals surface area contributed by atoms with Crippen molar-refractivity contribution in [1.29, 1.82) is 0 Å². The van der Waals surface area contributed by atoms with Gasteiger partial charge in [-0.25, -0.2) is 0 Å².